The van der Waals surface area contributed by atoms with Crippen LogP contribution in [0.2, 0.25) is 5.02 Å². The number of rotatable bonds is 7. The predicted molar refractivity (Wildman–Crippen MR) is 126 cm³/mol. The summed E-state index contributed by atoms with van der Waals surface area (Å²) in [7, 11) is 0. The molecule has 2 heterocycles. The molecule has 34 heavy (non-hydrogen) atoms. The molecule has 1 N–H and O–H groups in total. The monoisotopic (exact) mass is 480 g/mol. The van der Waals surface area contributed by atoms with Gasteiger partial charge >= 0.3 is 5.69 Å². The van der Waals surface area contributed by atoms with E-state index in [1.54, 1.807) is 37.3 Å². The smallest absolute Gasteiger partial charge is 0.339 e. The van der Waals surface area contributed by atoms with Crippen LogP contribution in [-0.4, -0.2) is 30.4 Å². The summed E-state index contributed by atoms with van der Waals surface area (Å²) in [6.45, 7) is 3.74. The Hall–Kier alpha value is -4.05. The summed E-state index contributed by atoms with van der Waals surface area (Å²) in [6, 6.07) is 13.9. The van der Waals surface area contributed by atoms with Crippen LogP contribution in [0.4, 0.5) is 5.69 Å². The maximum atomic E-state index is 12.8. The maximum Gasteiger partial charge on any atom is 0.352 e. The molecule has 0 unspecified atom stereocenters. The van der Waals surface area contributed by atoms with Gasteiger partial charge in [-0.1, -0.05) is 28.9 Å². The van der Waals surface area contributed by atoms with Crippen LogP contribution in [-0.2, 0) is 17.8 Å². The summed E-state index contributed by atoms with van der Waals surface area (Å²) in [5, 5.41) is 11.3. The summed E-state index contributed by atoms with van der Waals surface area (Å²) < 4.78 is 7.34. The maximum absolute atomic E-state index is 12.8. The summed E-state index contributed by atoms with van der Waals surface area (Å²) in [6.07, 6.45) is 0.274. The van der Waals surface area contributed by atoms with Crippen molar-refractivity contribution in [2.75, 3.05) is 5.32 Å². The average Bonchev–Trinajstić information content (AvgIpc) is 3.28. The van der Waals surface area contributed by atoms with Crippen molar-refractivity contribution < 1.29 is 9.32 Å². The van der Waals surface area contributed by atoms with Gasteiger partial charge < -0.3 is 9.84 Å². The first kappa shape index (κ1) is 23.1. The Bertz CT molecular complexity index is 1460. The second kappa shape index (κ2) is 9.84. The first-order valence-corrected chi connectivity index (χ1v) is 10.9. The minimum Gasteiger partial charge on any atom is -0.339 e. The molecule has 0 fully saturated rings. The van der Waals surface area contributed by atoms with Gasteiger partial charge in [-0.25, -0.2) is 4.79 Å². The van der Waals surface area contributed by atoms with E-state index in [1.165, 1.54) is 0 Å². The quantitative estimate of drug-likeness (QED) is 0.431. The SMILES string of the molecule is CCn1c(=O)c(-c2noc(CCC(=O)Nc3cccc(C)c3)n2)nn(-c2ccc(Cl)cc2)c1=O. The zero-order valence-electron chi connectivity index (χ0n) is 18.5. The number of hydrogen-bond donors (Lipinski definition) is 1. The largest absolute Gasteiger partial charge is 0.352 e. The summed E-state index contributed by atoms with van der Waals surface area (Å²) >= 11 is 5.93. The molecule has 11 heteroatoms. The zero-order valence-corrected chi connectivity index (χ0v) is 19.2. The van der Waals surface area contributed by atoms with Gasteiger partial charge in [0.15, 0.2) is 5.69 Å². The first-order chi connectivity index (χ1) is 16.4. The molecule has 0 aliphatic rings. The third-order valence-corrected chi connectivity index (χ3v) is 5.25. The van der Waals surface area contributed by atoms with E-state index in [4.69, 9.17) is 16.1 Å². The van der Waals surface area contributed by atoms with E-state index in [0.29, 0.717) is 16.4 Å². The lowest BCUT2D eigenvalue weighted by Crippen LogP contribution is -2.41. The lowest BCUT2D eigenvalue weighted by atomic mass is 10.2. The second-order valence-electron chi connectivity index (χ2n) is 7.50. The van der Waals surface area contributed by atoms with Crippen LogP contribution in [0.1, 0.15) is 24.8 Å². The molecule has 0 spiro atoms. The first-order valence-electron chi connectivity index (χ1n) is 10.6. The van der Waals surface area contributed by atoms with Crippen molar-refractivity contribution in [1.29, 1.82) is 0 Å². The lowest BCUT2D eigenvalue weighted by Gasteiger charge is -2.09. The number of carbonyl (C=O) groups excluding carboxylic acids is 1. The number of aryl methyl sites for hydroxylation is 2. The van der Waals surface area contributed by atoms with Crippen molar-refractivity contribution >= 4 is 23.2 Å². The van der Waals surface area contributed by atoms with Crippen LogP contribution in [0, 0.1) is 6.92 Å². The van der Waals surface area contributed by atoms with Gasteiger partial charge in [0.05, 0.1) is 5.69 Å². The fourth-order valence-corrected chi connectivity index (χ4v) is 3.43. The van der Waals surface area contributed by atoms with Crippen molar-refractivity contribution in [3.05, 3.63) is 85.8 Å². The number of nitrogens with zero attached hydrogens (tertiary/aromatic N) is 5. The highest BCUT2D eigenvalue weighted by Crippen LogP contribution is 2.14. The molecule has 0 radical (unpaired) electrons. The Morgan fingerprint density at radius 1 is 1.15 bits per heavy atom. The highest BCUT2D eigenvalue weighted by atomic mass is 35.5. The Balaban J connectivity index is 1.57. The van der Waals surface area contributed by atoms with Crippen LogP contribution in [0.3, 0.4) is 0 Å². The minimum absolute atomic E-state index is 0.0657. The van der Waals surface area contributed by atoms with Gasteiger partial charge in [0, 0.05) is 30.1 Å². The molecule has 0 aliphatic carbocycles. The van der Waals surface area contributed by atoms with E-state index in [-0.39, 0.29) is 42.7 Å². The molecule has 0 aliphatic heterocycles. The van der Waals surface area contributed by atoms with Gasteiger partial charge in [0.2, 0.25) is 17.6 Å². The molecular formula is C23H21ClN6O4. The number of benzene rings is 2. The van der Waals surface area contributed by atoms with Crippen molar-refractivity contribution in [2.24, 2.45) is 0 Å². The van der Waals surface area contributed by atoms with Gasteiger partial charge in [0.1, 0.15) is 0 Å². The van der Waals surface area contributed by atoms with Crippen molar-refractivity contribution in [3.63, 3.8) is 0 Å². The Morgan fingerprint density at radius 2 is 1.91 bits per heavy atom. The molecule has 2 aromatic carbocycles. The number of anilines is 1. The van der Waals surface area contributed by atoms with Gasteiger partial charge in [-0.15, -0.1) is 0 Å². The number of amides is 1. The Labute approximate surface area is 198 Å². The number of hydrogen-bond acceptors (Lipinski definition) is 7. The molecule has 0 bridgehead atoms. The van der Waals surface area contributed by atoms with Crippen LogP contribution < -0.4 is 16.6 Å². The highest BCUT2D eigenvalue weighted by Gasteiger charge is 2.20. The zero-order chi connectivity index (χ0) is 24.2. The Kier molecular flexibility index (Phi) is 6.69. The van der Waals surface area contributed by atoms with Gasteiger partial charge in [-0.2, -0.15) is 14.8 Å². The van der Waals surface area contributed by atoms with Gasteiger partial charge in [-0.3, -0.25) is 14.2 Å². The Morgan fingerprint density at radius 3 is 2.62 bits per heavy atom. The molecule has 0 saturated heterocycles. The van der Waals surface area contributed by atoms with E-state index in [9.17, 15) is 14.4 Å². The molecule has 4 rings (SSSR count). The number of nitrogens with one attached hydrogen (secondary N) is 1. The van der Waals surface area contributed by atoms with Crippen molar-refractivity contribution in [2.45, 2.75) is 33.2 Å². The third kappa shape index (κ3) is 4.96. The lowest BCUT2D eigenvalue weighted by molar-refractivity contribution is -0.116. The molecular weight excluding hydrogens is 460 g/mol. The van der Waals surface area contributed by atoms with Gasteiger partial charge in [-0.05, 0) is 55.8 Å². The highest BCUT2D eigenvalue weighted by molar-refractivity contribution is 6.30. The summed E-state index contributed by atoms with van der Waals surface area (Å²) in [5.74, 6) is -0.111. The van der Waals surface area contributed by atoms with Gasteiger partial charge in [0.25, 0.3) is 5.56 Å². The summed E-state index contributed by atoms with van der Waals surface area (Å²) in [5.41, 5.74) is 0.775. The third-order valence-electron chi connectivity index (χ3n) is 4.99. The molecule has 174 valence electrons. The van der Waals surface area contributed by atoms with E-state index < -0.39 is 11.2 Å². The predicted octanol–water partition coefficient (Wildman–Crippen LogP) is 3.00. The van der Waals surface area contributed by atoms with E-state index >= 15 is 0 Å². The standard InChI is InChI=1S/C23H21ClN6O4/c1-3-29-22(32)20(27-30(23(29)33)17-9-7-15(24)8-10-17)21-26-19(34-28-21)12-11-18(31)25-16-6-4-5-14(2)13-16/h4-10,13H,3,11-12H2,1-2H3,(H,25,31). The normalized spacial score (nSPS) is 10.9. The van der Waals surface area contributed by atoms with Crippen LogP contribution in [0.25, 0.3) is 17.2 Å². The fourth-order valence-electron chi connectivity index (χ4n) is 3.30. The minimum atomic E-state index is -0.637. The van der Waals surface area contributed by atoms with Crippen molar-refractivity contribution in [1.82, 2.24) is 24.5 Å². The molecule has 1 amide bonds. The van der Waals surface area contributed by atoms with Crippen LogP contribution in [0.15, 0.2) is 62.6 Å². The summed E-state index contributed by atoms with van der Waals surface area (Å²) in [4.78, 5) is 42.1. The molecule has 0 atom stereocenters. The van der Waals surface area contributed by atoms with E-state index in [2.05, 4.69) is 20.6 Å². The van der Waals surface area contributed by atoms with Crippen LogP contribution >= 0.6 is 11.6 Å². The second-order valence-corrected chi connectivity index (χ2v) is 7.93. The fraction of sp³-hybridized carbons (Fsp3) is 0.217. The number of carbonyl (C=O) groups is 1. The molecule has 10 nitrogen and oxygen atoms in total. The number of halogens is 1. The molecule has 4 aromatic rings. The van der Waals surface area contributed by atoms with E-state index in [0.717, 1.165) is 14.8 Å². The van der Waals surface area contributed by atoms with Crippen molar-refractivity contribution in [3.8, 4) is 17.2 Å². The van der Waals surface area contributed by atoms with E-state index in [1.807, 2.05) is 25.1 Å². The molecule has 2 aromatic heterocycles. The van der Waals surface area contributed by atoms with Crippen LogP contribution in [0.5, 0.6) is 0 Å². The average molecular weight is 481 g/mol. The number of aromatic nitrogens is 5. The molecule has 0 saturated carbocycles. The topological polar surface area (TPSA) is 125 Å².